The van der Waals surface area contributed by atoms with Crippen molar-refractivity contribution in [3.05, 3.63) is 60.2 Å². The van der Waals surface area contributed by atoms with Crippen molar-refractivity contribution in [1.82, 2.24) is 4.90 Å². The van der Waals surface area contributed by atoms with Gasteiger partial charge in [-0.2, -0.15) is 0 Å². The van der Waals surface area contributed by atoms with E-state index in [-0.39, 0.29) is 12.7 Å². The highest BCUT2D eigenvalue weighted by molar-refractivity contribution is 5.68. The summed E-state index contributed by atoms with van der Waals surface area (Å²) in [4.78, 5) is 14.0. The number of hydrogen-bond acceptors (Lipinski definition) is 4. The number of aliphatic hydroxyl groups is 1. The van der Waals surface area contributed by atoms with Gasteiger partial charge in [-0.25, -0.2) is 4.79 Å². The van der Waals surface area contributed by atoms with Crippen molar-refractivity contribution in [2.24, 2.45) is 0 Å². The van der Waals surface area contributed by atoms with Crippen molar-refractivity contribution in [3.63, 3.8) is 0 Å². The van der Waals surface area contributed by atoms with E-state index in [1.807, 2.05) is 75.4 Å². The first-order chi connectivity index (χ1) is 12.9. The van der Waals surface area contributed by atoms with Crippen molar-refractivity contribution >= 4 is 6.09 Å². The normalized spacial score (nSPS) is 11.1. The molecule has 0 aliphatic heterocycles. The number of carbonyl (C=O) groups excluding carboxylic acids is 1. The maximum Gasteiger partial charge on any atom is 0.410 e. The Morgan fingerprint density at radius 3 is 2.19 bits per heavy atom. The first-order valence-corrected chi connectivity index (χ1v) is 9.28. The molecule has 0 atom stereocenters. The Balaban J connectivity index is 1.92. The van der Waals surface area contributed by atoms with Crippen LogP contribution in [0.5, 0.6) is 11.5 Å². The molecule has 1 N–H and O–H groups in total. The molecule has 0 unspecified atom stereocenters. The molecule has 5 heteroatoms. The minimum Gasteiger partial charge on any atom is -0.457 e. The number of carbonyl (C=O) groups is 1. The molecule has 1 amide bonds. The second-order valence-electron chi connectivity index (χ2n) is 7.35. The largest absolute Gasteiger partial charge is 0.457 e. The van der Waals surface area contributed by atoms with Gasteiger partial charge in [-0.05, 0) is 63.4 Å². The standard InChI is InChI=1S/C22H29NO4/c1-22(2,3)27-21(25)23(15-7-17-24)16-14-18-10-12-20(13-11-18)26-19-8-5-4-6-9-19/h4-6,8-13,24H,7,14-17H2,1-3H3. The van der Waals surface area contributed by atoms with Crippen molar-refractivity contribution in [1.29, 1.82) is 0 Å². The molecule has 0 radical (unpaired) electrons. The van der Waals surface area contributed by atoms with Gasteiger partial charge in [-0.15, -0.1) is 0 Å². The molecule has 2 aromatic carbocycles. The van der Waals surface area contributed by atoms with E-state index < -0.39 is 5.60 Å². The zero-order chi connectivity index (χ0) is 19.7. The van der Waals surface area contributed by atoms with E-state index in [1.165, 1.54) is 0 Å². The highest BCUT2D eigenvalue weighted by Gasteiger charge is 2.21. The van der Waals surface area contributed by atoms with Crippen LogP contribution in [-0.4, -0.2) is 41.4 Å². The summed E-state index contributed by atoms with van der Waals surface area (Å²) in [6.45, 7) is 6.60. The van der Waals surface area contributed by atoms with Gasteiger partial charge in [0, 0.05) is 19.7 Å². The van der Waals surface area contributed by atoms with Gasteiger partial charge in [0.05, 0.1) is 0 Å². The van der Waals surface area contributed by atoms with Crippen LogP contribution < -0.4 is 4.74 Å². The van der Waals surface area contributed by atoms with Gasteiger partial charge >= 0.3 is 6.09 Å². The lowest BCUT2D eigenvalue weighted by Crippen LogP contribution is -2.38. The lowest BCUT2D eigenvalue weighted by atomic mass is 10.1. The van der Waals surface area contributed by atoms with Crippen molar-refractivity contribution in [2.45, 2.75) is 39.2 Å². The number of ether oxygens (including phenoxy) is 2. The van der Waals surface area contributed by atoms with Crippen molar-refractivity contribution in [2.75, 3.05) is 19.7 Å². The highest BCUT2D eigenvalue weighted by Crippen LogP contribution is 2.21. The minimum atomic E-state index is -0.537. The summed E-state index contributed by atoms with van der Waals surface area (Å²) < 4.78 is 11.2. The van der Waals surface area contributed by atoms with E-state index in [4.69, 9.17) is 14.6 Å². The molecular formula is C22H29NO4. The van der Waals surface area contributed by atoms with Crippen molar-refractivity contribution < 1.29 is 19.4 Å². The molecule has 0 saturated heterocycles. The fraction of sp³-hybridized carbons (Fsp3) is 0.409. The summed E-state index contributed by atoms with van der Waals surface area (Å²) in [6, 6.07) is 17.5. The monoisotopic (exact) mass is 371 g/mol. The number of aliphatic hydroxyl groups excluding tert-OH is 1. The Kier molecular flexibility index (Phi) is 7.67. The Hall–Kier alpha value is -2.53. The summed E-state index contributed by atoms with van der Waals surface area (Å²) in [7, 11) is 0. The number of rotatable bonds is 8. The summed E-state index contributed by atoms with van der Waals surface area (Å²) in [6.07, 6.45) is 0.888. The van der Waals surface area contributed by atoms with Gasteiger partial charge in [0.2, 0.25) is 0 Å². The molecule has 27 heavy (non-hydrogen) atoms. The molecule has 2 rings (SSSR count). The number of benzene rings is 2. The van der Waals surface area contributed by atoms with E-state index in [2.05, 4.69) is 0 Å². The van der Waals surface area contributed by atoms with Crippen molar-refractivity contribution in [3.8, 4) is 11.5 Å². The van der Waals surface area contributed by atoms with Crippen LogP contribution in [0.15, 0.2) is 54.6 Å². The van der Waals surface area contributed by atoms with E-state index in [0.717, 1.165) is 17.1 Å². The molecule has 0 spiro atoms. The van der Waals surface area contributed by atoms with Gasteiger partial charge in [0.1, 0.15) is 17.1 Å². The maximum absolute atomic E-state index is 12.3. The van der Waals surface area contributed by atoms with Crippen LogP contribution in [0.3, 0.4) is 0 Å². The van der Waals surface area contributed by atoms with Gasteiger partial charge in [-0.1, -0.05) is 30.3 Å². The predicted molar refractivity (Wildman–Crippen MR) is 106 cm³/mol. The highest BCUT2D eigenvalue weighted by atomic mass is 16.6. The second-order valence-corrected chi connectivity index (χ2v) is 7.35. The fourth-order valence-electron chi connectivity index (χ4n) is 2.50. The number of para-hydroxylation sites is 1. The molecule has 0 fully saturated rings. The molecule has 146 valence electrons. The van der Waals surface area contributed by atoms with Gasteiger partial charge in [-0.3, -0.25) is 0 Å². The third-order valence-electron chi connectivity index (χ3n) is 3.81. The Labute approximate surface area is 161 Å². The van der Waals surface area contributed by atoms with Crippen LogP contribution in [-0.2, 0) is 11.2 Å². The molecule has 0 aliphatic carbocycles. The molecule has 0 saturated carbocycles. The third-order valence-corrected chi connectivity index (χ3v) is 3.81. The van der Waals surface area contributed by atoms with Gasteiger partial charge in [0.15, 0.2) is 0 Å². The number of hydrogen-bond donors (Lipinski definition) is 1. The van der Waals surface area contributed by atoms with Crippen LogP contribution >= 0.6 is 0 Å². The summed E-state index contributed by atoms with van der Waals surface area (Å²) in [5.41, 5.74) is 0.568. The number of amides is 1. The molecule has 5 nitrogen and oxygen atoms in total. The quantitative estimate of drug-likeness (QED) is 0.734. The minimum absolute atomic E-state index is 0.0464. The molecular weight excluding hydrogens is 342 g/mol. The van der Waals surface area contributed by atoms with Crippen LogP contribution in [0, 0.1) is 0 Å². The van der Waals surface area contributed by atoms with E-state index in [9.17, 15) is 4.79 Å². The first-order valence-electron chi connectivity index (χ1n) is 9.28. The average Bonchev–Trinajstić information content (AvgIpc) is 2.62. The zero-order valence-electron chi connectivity index (χ0n) is 16.4. The zero-order valence-corrected chi connectivity index (χ0v) is 16.4. The molecule has 0 aliphatic rings. The van der Waals surface area contributed by atoms with Crippen LogP contribution in [0.2, 0.25) is 0 Å². The predicted octanol–water partition coefficient (Wildman–Crippen LogP) is 4.64. The molecule has 0 aromatic heterocycles. The topological polar surface area (TPSA) is 59.0 Å². The van der Waals surface area contributed by atoms with E-state index in [0.29, 0.717) is 25.9 Å². The van der Waals surface area contributed by atoms with E-state index in [1.54, 1.807) is 4.90 Å². The molecule has 0 heterocycles. The maximum atomic E-state index is 12.3. The van der Waals surface area contributed by atoms with Crippen LogP contribution in [0.25, 0.3) is 0 Å². The SMILES string of the molecule is CC(C)(C)OC(=O)N(CCCO)CCc1ccc(Oc2ccccc2)cc1. The Morgan fingerprint density at radius 2 is 1.59 bits per heavy atom. The van der Waals surface area contributed by atoms with Gasteiger partial charge < -0.3 is 19.5 Å². The van der Waals surface area contributed by atoms with Crippen LogP contribution in [0.1, 0.15) is 32.8 Å². The second kappa shape index (κ2) is 9.97. The summed E-state index contributed by atoms with van der Waals surface area (Å²) >= 11 is 0. The van der Waals surface area contributed by atoms with Gasteiger partial charge in [0.25, 0.3) is 0 Å². The fourth-order valence-corrected chi connectivity index (χ4v) is 2.50. The summed E-state index contributed by atoms with van der Waals surface area (Å²) in [5.74, 6) is 1.57. The molecule has 2 aromatic rings. The number of nitrogens with zero attached hydrogens (tertiary/aromatic N) is 1. The summed E-state index contributed by atoms with van der Waals surface area (Å²) in [5, 5.41) is 9.07. The lowest BCUT2D eigenvalue weighted by molar-refractivity contribution is 0.0242. The average molecular weight is 371 g/mol. The van der Waals surface area contributed by atoms with E-state index >= 15 is 0 Å². The van der Waals surface area contributed by atoms with Crippen LogP contribution in [0.4, 0.5) is 4.79 Å². The molecule has 0 bridgehead atoms. The first kappa shape index (κ1) is 20.8. The Morgan fingerprint density at radius 1 is 0.963 bits per heavy atom. The third kappa shape index (κ3) is 7.71. The lowest BCUT2D eigenvalue weighted by Gasteiger charge is -2.27. The smallest absolute Gasteiger partial charge is 0.410 e. The Bertz CT molecular complexity index is 693.